The molecule has 0 saturated heterocycles. The molecule has 3 rings (SSSR count). The summed E-state index contributed by atoms with van der Waals surface area (Å²) in [7, 11) is 3.86. The molecule has 0 fully saturated rings. The summed E-state index contributed by atoms with van der Waals surface area (Å²) in [5, 5.41) is 15.9. The molecule has 0 aliphatic rings. The monoisotopic (exact) mass is 433 g/mol. The van der Waals surface area contributed by atoms with Crippen molar-refractivity contribution >= 4 is 17.5 Å². The van der Waals surface area contributed by atoms with Crippen LogP contribution < -0.4 is 15.4 Å². The van der Waals surface area contributed by atoms with Crippen molar-refractivity contribution < 1.29 is 23.0 Å². The van der Waals surface area contributed by atoms with Crippen molar-refractivity contribution in [2.45, 2.75) is 6.36 Å². The molecule has 164 valence electrons. The maximum Gasteiger partial charge on any atom is 0.573 e. The van der Waals surface area contributed by atoms with Gasteiger partial charge in [0.1, 0.15) is 17.3 Å². The third kappa shape index (κ3) is 7.03. The number of ether oxygens (including phenoxy) is 1. The largest absolute Gasteiger partial charge is 0.573 e. The van der Waals surface area contributed by atoms with Gasteiger partial charge < -0.3 is 25.4 Å². The number of halogens is 3. The van der Waals surface area contributed by atoms with Crippen molar-refractivity contribution in [3.8, 4) is 22.8 Å². The highest BCUT2D eigenvalue weighted by Gasteiger charge is 2.31. The van der Waals surface area contributed by atoms with Gasteiger partial charge in [-0.1, -0.05) is 18.2 Å². The topological polar surface area (TPSA) is 82.5 Å². The van der Waals surface area contributed by atoms with E-state index in [9.17, 15) is 18.3 Å². The van der Waals surface area contributed by atoms with E-state index in [0.717, 1.165) is 6.54 Å². The Morgan fingerprint density at radius 3 is 2.52 bits per heavy atom. The van der Waals surface area contributed by atoms with Gasteiger partial charge in [0.05, 0.1) is 5.69 Å². The molecule has 1 heterocycles. The first-order valence-corrected chi connectivity index (χ1v) is 9.38. The summed E-state index contributed by atoms with van der Waals surface area (Å²) in [4.78, 5) is 10.8. The van der Waals surface area contributed by atoms with Gasteiger partial charge in [-0.2, -0.15) is 4.98 Å². The van der Waals surface area contributed by atoms with Gasteiger partial charge in [-0.05, 0) is 38.4 Å². The van der Waals surface area contributed by atoms with Crippen LogP contribution in [-0.2, 0) is 0 Å². The molecule has 3 aromatic rings. The molecule has 31 heavy (non-hydrogen) atoms. The lowest BCUT2D eigenvalue weighted by Gasteiger charge is -2.14. The van der Waals surface area contributed by atoms with Gasteiger partial charge in [0.2, 0.25) is 5.95 Å². The second-order valence-corrected chi connectivity index (χ2v) is 6.94. The molecule has 3 N–H and O–H groups in total. The molecule has 10 heteroatoms. The van der Waals surface area contributed by atoms with E-state index >= 15 is 0 Å². The van der Waals surface area contributed by atoms with Crippen LogP contribution >= 0.6 is 0 Å². The van der Waals surface area contributed by atoms with Gasteiger partial charge in [0, 0.05) is 36.5 Å². The van der Waals surface area contributed by atoms with Gasteiger partial charge >= 0.3 is 6.36 Å². The number of likely N-dealkylation sites (N-methyl/N-ethyl adjacent to an activating group) is 1. The number of nitrogens with one attached hydrogen (secondary N) is 2. The molecule has 0 unspecified atom stereocenters. The minimum Gasteiger partial charge on any atom is -0.508 e. The van der Waals surface area contributed by atoms with Crippen LogP contribution in [0, 0.1) is 0 Å². The summed E-state index contributed by atoms with van der Waals surface area (Å²) < 4.78 is 41.8. The quantitative estimate of drug-likeness (QED) is 0.484. The van der Waals surface area contributed by atoms with E-state index in [2.05, 4.69) is 25.3 Å². The van der Waals surface area contributed by atoms with Gasteiger partial charge in [-0.3, -0.25) is 0 Å². The van der Waals surface area contributed by atoms with Crippen molar-refractivity contribution in [3.63, 3.8) is 0 Å². The minimum absolute atomic E-state index is 0.0839. The number of phenolic OH excluding ortho intramolecular Hbond substituents is 1. The van der Waals surface area contributed by atoms with Crippen molar-refractivity contribution in [1.82, 2.24) is 14.9 Å². The van der Waals surface area contributed by atoms with E-state index in [1.165, 1.54) is 30.3 Å². The smallest absolute Gasteiger partial charge is 0.508 e. The maximum absolute atomic E-state index is 12.6. The summed E-state index contributed by atoms with van der Waals surface area (Å²) in [6.07, 6.45) is -4.79. The van der Waals surface area contributed by atoms with Gasteiger partial charge in [0.15, 0.2) is 0 Å². The van der Waals surface area contributed by atoms with E-state index in [4.69, 9.17) is 0 Å². The van der Waals surface area contributed by atoms with E-state index in [0.29, 0.717) is 35.3 Å². The Morgan fingerprint density at radius 1 is 1.03 bits per heavy atom. The van der Waals surface area contributed by atoms with Crippen LogP contribution in [0.4, 0.5) is 30.6 Å². The Kier molecular flexibility index (Phi) is 6.81. The molecule has 0 atom stereocenters. The Labute approximate surface area is 177 Å². The number of rotatable bonds is 8. The average molecular weight is 433 g/mol. The predicted octanol–water partition coefficient (Wildman–Crippen LogP) is 4.46. The zero-order valence-electron chi connectivity index (χ0n) is 16.9. The lowest BCUT2D eigenvalue weighted by molar-refractivity contribution is -0.274. The number of benzene rings is 2. The number of hydrogen-bond donors (Lipinski definition) is 3. The third-order valence-corrected chi connectivity index (χ3v) is 4.05. The highest BCUT2D eigenvalue weighted by molar-refractivity contribution is 5.68. The van der Waals surface area contributed by atoms with Crippen molar-refractivity contribution in [3.05, 3.63) is 54.6 Å². The summed E-state index contributed by atoms with van der Waals surface area (Å²) >= 11 is 0. The third-order valence-electron chi connectivity index (χ3n) is 4.05. The average Bonchev–Trinajstić information content (AvgIpc) is 2.66. The molecule has 0 spiro atoms. The first kappa shape index (κ1) is 22.2. The fourth-order valence-electron chi connectivity index (χ4n) is 2.71. The van der Waals surface area contributed by atoms with Crippen molar-refractivity contribution in [1.29, 1.82) is 0 Å². The summed E-state index contributed by atoms with van der Waals surface area (Å²) in [6, 6.07) is 13.7. The van der Waals surface area contributed by atoms with Crippen LogP contribution in [0.25, 0.3) is 11.3 Å². The highest BCUT2D eigenvalue weighted by Crippen LogP contribution is 2.29. The Hall–Kier alpha value is -3.53. The highest BCUT2D eigenvalue weighted by atomic mass is 19.4. The normalized spacial score (nSPS) is 11.4. The van der Waals surface area contributed by atoms with Crippen molar-refractivity contribution in [2.24, 2.45) is 0 Å². The number of anilines is 3. The standard InChI is InChI=1S/C21H22F3N5O2/c1-29(2)10-9-25-20-27-18(14-5-3-8-17(11-14)31-21(22,23)24)13-19(28-20)26-15-6-4-7-16(30)12-15/h3-8,11-13,30H,9-10H2,1-2H3,(H2,25,26,27,28). The van der Waals surface area contributed by atoms with E-state index < -0.39 is 6.36 Å². The number of alkyl halides is 3. The van der Waals surface area contributed by atoms with Crippen LogP contribution in [0.5, 0.6) is 11.5 Å². The molecular weight excluding hydrogens is 411 g/mol. The molecule has 1 aromatic heterocycles. The Morgan fingerprint density at radius 2 is 1.81 bits per heavy atom. The lowest BCUT2D eigenvalue weighted by Crippen LogP contribution is -2.21. The first-order chi connectivity index (χ1) is 14.7. The molecule has 2 aromatic carbocycles. The second kappa shape index (κ2) is 9.52. The van der Waals surface area contributed by atoms with Crippen LogP contribution in [0.3, 0.4) is 0 Å². The van der Waals surface area contributed by atoms with E-state index in [-0.39, 0.29) is 11.5 Å². The SMILES string of the molecule is CN(C)CCNc1nc(Nc2cccc(O)c2)cc(-c2cccc(OC(F)(F)F)c2)n1. The lowest BCUT2D eigenvalue weighted by atomic mass is 10.1. The summed E-state index contributed by atoms with van der Waals surface area (Å²) in [5.41, 5.74) is 1.43. The van der Waals surface area contributed by atoms with E-state index in [1.54, 1.807) is 24.3 Å². The zero-order valence-corrected chi connectivity index (χ0v) is 16.9. The fraction of sp³-hybridized carbons (Fsp3) is 0.238. The van der Waals surface area contributed by atoms with Crippen LogP contribution in [-0.4, -0.2) is 53.5 Å². The molecule has 0 bridgehead atoms. The van der Waals surface area contributed by atoms with Crippen LogP contribution in [0.2, 0.25) is 0 Å². The molecule has 0 amide bonds. The number of nitrogens with zero attached hydrogens (tertiary/aromatic N) is 3. The number of aromatic hydroxyl groups is 1. The molecule has 0 saturated carbocycles. The first-order valence-electron chi connectivity index (χ1n) is 9.38. The number of hydrogen-bond acceptors (Lipinski definition) is 7. The summed E-state index contributed by atoms with van der Waals surface area (Å²) in [6.45, 7) is 1.30. The minimum atomic E-state index is -4.79. The van der Waals surface area contributed by atoms with Crippen LogP contribution in [0.15, 0.2) is 54.6 Å². The van der Waals surface area contributed by atoms with Crippen molar-refractivity contribution in [2.75, 3.05) is 37.8 Å². The molecule has 0 radical (unpaired) electrons. The summed E-state index contributed by atoms with van der Waals surface area (Å²) in [5.74, 6) is 0.461. The van der Waals surface area contributed by atoms with E-state index in [1.807, 2.05) is 19.0 Å². The fourth-order valence-corrected chi connectivity index (χ4v) is 2.71. The van der Waals surface area contributed by atoms with Gasteiger partial charge in [-0.25, -0.2) is 4.98 Å². The Bertz CT molecular complexity index is 1030. The van der Waals surface area contributed by atoms with Crippen LogP contribution in [0.1, 0.15) is 0 Å². The molecule has 7 nitrogen and oxygen atoms in total. The number of aromatic nitrogens is 2. The predicted molar refractivity (Wildman–Crippen MR) is 113 cm³/mol. The molecular formula is C21H22F3N5O2. The second-order valence-electron chi connectivity index (χ2n) is 6.94. The Balaban J connectivity index is 1.93. The molecule has 0 aliphatic carbocycles. The molecule has 0 aliphatic heterocycles. The number of phenols is 1. The zero-order chi connectivity index (χ0) is 22.4. The van der Waals surface area contributed by atoms with Gasteiger partial charge in [-0.15, -0.1) is 13.2 Å². The van der Waals surface area contributed by atoms with Gasteiger partial charge in [0.25, 0.3) is 0 Å². The maximum atomic E-state index is 12.6.